The molecular weight excluding hydrogens is 114 g/mol. The highest BCUT2D eigenvalue weighted by atomic mass is 16.5. The van der Waals surface area contributed by atoms with Gasteiger partial charge in [-0.05, 0) is 18.6 Å². The van der Waals surface area contributed by atoms with E-state index >= 15 is 0 Å². The molecular formula is C7H13NO. The van der Waals surface area contributed by atoms with E-state index in [4.69, 9.17) is 5.73 Å². The molecule has 0 atom stereocenters. The second kappa shape index (κ2) is 5.22. The standard InChI is InChI=1S/C7H13NO/c1-3-7(8)5-4-6-9-2/h4-6H,3,8H2,1-2H3/b6-4+,7-5+. The van der Waals surface area contributed by atoms with Crippen molar-refractivity contribution in [1.82, 2.24) is 0 Å². The second-order valence-electron chi connectivity index (χ2n) is 1.66. The summed E-state index contributed by atoms with van der Waals surface area (Å²) < 4.78 is 4.66. The lowest BCUT2D eigenvalue weighted by atomic mass is 10.3. The molecule has 0 aliphatic heterocycles. The average molecular weight is 127 g/mol. The smallest absolute Gasteiger partial charge is 0.0825 e. The van der Waals surface area contributed by atoms with E-state index < -0.39 is 0 Å². The first-order valence-corrected chi connectivity index (χ1v) is 2.95. The zero-order chi connectivity index (χ0) is 7.11. The molecule has 0 rings (SSSR count). The van der Waals surface area contributed by atoms with Gasteiger partial charge in [-0.2, -0.15) is 0 Å². The highest BCUT2D eigenvalue weighted by Crippen LogP contribution is 1.89. The summed E-state index contributed by atoms with van der Waals surface area (Å²) in [6.45, 7) is 2.01. The van der Waals surface area contributed by atoms with Crippen molar-refractivity contribution < 1.29 is 4.74 Å². The zero-order valence-electron chi connectivity index (χ0n) is 5.92. The maximum Gasteiger partial charge on any atom is 0.0825 e. The number of hydrogen-bond acceptors (Lipinski definition) is 2. The van der Waals surface area contributed by atoms with Crippen LogP contribution in [-0.2, 0) is 4.74 Å². The summed E-state index contributed by atoms with van der Waals surface area (Å²) >= 11 is 0. The molecule has 0 aromatic heterocycles. The van der Waals surface area contributed by atoms with Crippen LogP contribution >= 0.6 is 0 Å². The lowest BCUT2D eigenvalue weighted by molar-refractivity contribution is 0.338. The van der Waals surface area contributed by atoms with E-state index in [0.29, 0.717) is 0 Å². The van der Waals surface area contributed by atoms with Crippen LogP contribution in [-0.4, -0.2) is 7.11 Å². The molecule has 0 aliphatic carbocycles. The maximum atomic E-state index is 5.47. The van der Waals surface area contributed by atoms with Gasteiger partial charge in [0.25, 0.3) is 0 Å². The normalized spacial score (nSPS) is 12.4. The Balaban J connectivity index is 3.55. The minimum atomic E-state index is 0.864. The molecule has 2 nitrogen and oxygen atoms in total. The monoisotopic (exact) mass is 127 g/mol. The first kappa shape index (κ1) is 8.08. The fourth-order valence-corrected chi connectivity index (χ4v) is 0.359. The van der Waals surface area contributed by atoms with Crippen LogP contribution in [0.15, 0.2) is 24.1 Å². The Morgan fingerprint density at radius 2 is 2.33 bits per heavy atom. The molecule has 0 saturated heterocycles. The lowest BCUT2D eigenvalue weighted by Crippen LogP contribution is -1.92. The van der Waals surface area contributed by atoms with Gasteiger partial charge in [0, 0.05) is 5.70 Å². The van der Waals surface area contributed by atoms with Crippen LogP contribution in [0.25, 0.3) is 0 Å². The molecule has 0 bridgehead atoms. The summed E-state index contributed by atoms with van der Waals surface area (Å²) in [5.74, 6) is 0. The Hall–Kier alpha value is -0.920. The van der Waals surface area contributed by atoms with Gasteiger partial charge >= 0.3 is 0 Å². The van der Waals surface area contributed by atoms with Crippen LogP contribution in [0.2, 0.25) is 0 Å². The molecule has 0 radical (unpaired) electrons. The molecule has 0 spiro atoms. The molecule has 0 unspecified atom stereocenters. The third-order valence-corrected chi connectivity index (χ3v) is 0.933. The molecule has 2 heteroatoms. The third kappa shape index (κ3) is 4.94. The number of methoxy groups -OCH3 is 1. The summed E-state index contributed by atoms with van der Waals surface area (Å²) in [6.07, 6.45) is 6.07. The number of allylic oxidation sites excluding steroid dienone is 3. The van der Waals surface area contributed by atoms with E-state index in [1.807, 2.05) is 13.0 Å². The Morgan fingerprint density at radius 3 is 2.78 bits per heavy atom. The minimum Gasteiger partial charge on any atom is -0.504 e. The van der Waals surface area contributed by atoms with E-state index in [1.54, 1.807) is 19.4 Å². The maximum absolute atomic E-state index is 5.47. The number of hydrogen-bond donors (Lipinski definition) is 1. The van der Waals surface area contributed by atoms with E-state index in [9.17, 15) is 0 Å². The van der Waals surface area contributed by atoms with Gasteiger partial charge in [0.05, 0.1) is 13.4 Å². The van der Waals surface area contributed by atoms with E-state index in [0.717, 1.165) is 12.1 Å². The predicted octanol–water partition coefficient (Wildman–Crippen LogP) is 1.40. The molecule has 0 aromatic carbocycles. The molecule has 0 aliphatic rings. The first-order valence-electron chi connectivity index (χ1n) is 2.95. The second-order valence-corrected chi connectivity index (χ2v) is 1.66. The number of nitrogens with two attached hydrogens (primary N) is 1. The van der Waals surface area contributed by atoms with Gasteiger partial charge in [0.1, 0.15) is 0 Å². The Bertz CT molecular complexity index is 116. The van der Waals surface area contributed by atoms with Crippen LogP contribution in [0.5, 0.6) is 0 Å². The van der Waals surface area contributed by atoms with Crippen molar-refractivity contribution in [3.63, 3.8) is 0 Å². The number of ether oxygens (including phenoxy) is 1. The topological polar surface area (TPSA) is 35.2 Å². The Labute approximate surface area is 56.0 Å². The van der Waals surface area contributed by atoms with Crippen LogP contribution in [0.3, 0.4) is 0 Å². The van der Waals surface area contributed by atoms with Crippen molar-refractivity contribution in [3.05, 3.63) is 24.1 Å². The Kier molecular flexibility index (Phi) is 4.69. The summed E-state index contributed by atoms with van der Waals surface area (Å²) in [4.78, 5) is 0. The molecule has 0 saturated carbocycles. The minimum absolute atomic E-state index is 0.864. The zero-order valence-corrected chi connectivity index (χ0v) is 5.92. The predicted molar refractivity (Wildman–Crippen MR) is 38.7 cm³/mol. The van der Waals surface area contributed by atoms with Gasteiger partial charge in [0.2, 0.25) is 0 Å². The van der Waals surface area contributed by atoms with E-state index in [2.05, 4.69) is 4.74 Å². The largest absolute Gasteiger partial charge is 0.504 e. The van der Waals surface area contributed by atoms with Gasteiger partial charge in [-0.25, -0.2) is 0 Å². The van der Waals surface area contributed by atoms with Gasteiger partial charge in [-0.1, -0.05) is 6.92 Å². The van der Waals surface area contributed by atoms with Gasteiger partial charge in [0.15, 0.2) is 0 Å². The van der Waals surface area contributed by atoms with Crippen LogP contribution < -0.4 is 5.73 Å². The summed E-state index contributed by atoms with van der Waals surface area (Å²) in [7, 11) is 1.60. The molecule has 52 valence electrons. The van der Waals surface area contributed by atoms with Crippen molar-refractivity contribution >= 4 is 0 Å². The van der Waals surface area contributed by atoms with Gasteiger partial charge in [-0.3, -0.25) is 0 Å². The highest BCUT2D eigenvalue weighted by molar-refractivity contribution is 5.07. The third-order valence-electron chi connectivity index (χ3n) is 0.933. The number of rotatable bonds is 3. The highest BCUT2D eigenvalue weighted by Gasteiger charge is 1.77. The van der Waals surface area contributed by atoms with Crippen molar-refractivity contribution in [2.45, 2.75) is 13.3 Å². The first-order chi connectivity index (χ1) is 4.31. The Morgan fingerprint density at radius 1 is 1.67 bits per heavy atom. The van der Waals surface area contributed by atoms with Crippen LogP contribution in [0.4, 0.5) is 0 Å². The van der Waals surface area contributed by atoms with Crippen LogP contribution in [0, 0.1) is 0 Å². The van der Waals surface area contributed by atoms with Crippen LogP contribution in [0.1, 0.15) is 13.3 Å². The quantitative estimate of drug-likeness (QED) is 0.459. The fraction of sp³-hybridized carbons (Fsp3) is 0.429. The molecule has 0 fully saturated rings. The molecule has 2 N–H and O–H groups in total. The van der Waals surface area contributed by atoms with Gasteiger partial charge in [-0.15, -0.1) is 0 Å². The molecule has 9 heavy (non-hydrogen) atoms. The molecule has 0 amide bonds. The summed E-state index contributed by atoms with van der Waals surface area (Å²) in [5, 5.41) is 0. The van der Waals surface area contributed by atoms with Crippen molar-refractivity contribution in [3.8, 4) is 0 Å². The van der Waals surface area contributed by atoms with Gasteiger partial charge < -0.3 is 10.5 Å². The SMILES string of the molecule is CC/C(N)=C\C=C\OC. The van der Waals surface area contributed by atoms with Crippen molar-refractivity contribution in [2.75, 3.05) is 7.11 Å². The summed E-state index contributed by atoms with van der Waals surface area (Å²) in [6, 6.07) is 0. The summed E-state index contributed by atoms with van der Waals surface area (Å²) in [5.41, 5.74) is 6.33. The van der Waals surface area contributed by atoms with Crippen molar-refractivity contribution in [2.24, 2.45) is 5.73 Å². The molecule has 0 aromatic rings. The van der Waals surface area contributed by atoms with Crippen molar-refractivity contribution in [1.29, 1.82) is 0 Å². The average Bonchev–Trinajstić information content (AvgIpc) is 1.89. The van der Waals surface area contributed by atoms with E-state index in [1.165, 1.54) is 0 Å². The molecule has 0 heterocycles. The lowest BCUT2D eigenvalue weighted by Gasteiger charge is -1.89. The fourth-order valence-electron chi connectivity index (χ4n) is 0.359. The van der Waals surface area contributed by atoms with E-state index in [-0.39, 0.29) is 0 Å².